The molecule has 0 aliphatic rings. The number of rotatable bonds is 7. The number of aromatic amines is 1. The van der Waals surface area contributed by atoms with E-state index in [1.807, 2.05) is 0 Å². The lowest BCUT2D eigenvalue weighted by Crippen LogP contribution is -2.30. The minimum Gasteiger partial charge on any atom is -0.340 e. The first-order valence-electron chi connectivity index (χ1n) is 10.5. The van der Waals surface area contributed by atoms with Gasteiger partial charge in [-0.05, 0) is 67.4 Å². The summed E-state index contributed by atoms with van der Waals surface area (Å²) in [5, 5.41) is 14.0. The van der Waals surface area contributed by atoms with Crippen LogP contribution in [0.5, 0.6) is 0 Å². The van der Waals surface area contributed by atoms with Crippen molar-refractivity contribution in [3.8, 4) is 16.9 Å². The number of hydrogen-bond acceptors (Lipinski definition) is 4. The maximum Gasteiger partial charge on any atom is 0.435 e. The van der Waals surface area contributed by atoms with Crippen LogP contribution in [0.2, 0.25) is 0 Å². The average molecular weight is 490 g/mol. The van der Waals surface area contributed by atoms with E-state index in [-0.39, 0.29) is 18.0 Å². The van der Waals surface area contributed by atoms with E-state index in [2.05, 4.69) is 20.5 Å². The van der Waals surface area contributed by atoms with Gasteiger partial charge in [0, 0.05) is 24.8 Å². The van der Waals surface area contributed by atoms with E-state index in [9.17, 15) is 26.7 Å². The Bertz CT molecular complexity index is 1310. The van der Waals surface area contributed by atoms with Crippen molar-refractivity contribution in [1.82, 2.24) is 30.1 Å². The molecular formula is C23H19F5N6O. The van der Waals surface area contributed by atoms with Gasteiger partial charge in [0.1, 0.15) is 11.6 Å². The average Bonchev–Trinajstić information content (AvgIpc) is 3.47. The first-order chi connectivity index (χ1) is 16.6. The van der Waals surface area contributed by atoms with Crippen molar-refractivity contribution >= 4 is 5.91 Å². The van der Waals surface area contributed by atoms with Crippen LogP contribution < -0.4 is 0 Å². The molecule has 0 aliphatic carbocycles. The summed E-state index contributed by atoms with van der Waals surface area (Å²) in [4.78, 5) is 13.9. The number of halogens is 5. The van der Waals surface area contributed by atoms with Gasteiger partial charge in [0.25, 0.3) is 5.91 Å². The smallest absolute Gasteiger partial charge is 0.340 e. The summed E-state index contributed by atoms with van der Waals surface area (Å²) < 4.78 is 68.1. The first-order valence-corrected chi connectivity index (χ1v) is 10.5. The number of nitrogens with one attached hydrogen (secondary N) is 1. The van der Waals surface area contributed by atoms with Gasteiger partial charge in [-0.2, -0.15) is 18.3 Å². The summed E-state index contributed by atoms with van der Waals surface area (Å²) in [7, 11) is 1.37. The van der Waals surface area contributed by atoms with Crippen LogP contribution in [0.25, 0.3) is 16.9 Å². The fourth-order valence-electron chi connectivity index (χ4n) is 3.49. The third kappa shape index (κ3) is 5.36. The lowest BCUT2D eigenvalue weighted by molar-refractivity contribution is -0.143. The van der Waals surface area contributed by atoms with Crippen molar-refractivity contribution in [2.75, 3.05) is 13.6 Å². The molecule has 0 bridgehead atoms. The topological polar surface area (TPSA) is 79.7 Å². The van der Waals surface area contributed by atoms with Crippen LogP contribution in [0.3, 0.4) is 0 Å². The summed E-state index contributed by atoms with van der Waals surface area (Å²) in [6.45, 7) is 0.143. The number of carbonyl (C=O) groups is 1. The first kappa shape index (κ1) is 24.0. The molecule has 0 saturated carbocycles. The highest BCUT2D eigenvalue weighted by atomic mass is 19.4. The molecule has 0 radical (unpaired) electrons. The highest BCUT2D eigenvalue weighted by Gasteiger charge is 2.42. The Hall–Kier alpha value is -4.09. The van der Waals surface area contributed by atoms with Crippen LogP contribution in [0.1, 0.15) is 28.3 Å². The molecule has 0 aliphatic heterocycles. The summed E-state index contributed by atoms with van der Waals surface area (Å²) in [6.07, 6.45) is -4.02. The number of carbonyl (C=O) groups excluding carboxylic acids is 1. The van der Waals surface area contributed by atoms with Gasteiger partial charge in [0.15, 0.2) is 11.4 Å². The molecule has 0 atom stereocenters. The number of aryl methyl sites for hydroxylation is 1. The summed E-state index contributed by atoms with van der Waals surface area (Å²) in [5.74, 6) is -1.92. The van der Waals surface area contributed by atoms with Crippen LogP contribution in [0.15, 0.2) is 54.6 Å². The van der Waals surface area contributed by atoms with E-state index in [0.717, 1.165) is 40.4 Å². The zero-order valence-electron chi connectivity index (χ0n) is 18.4. The monoisotopic (exact) mass is 490 g/mol. The van der Waals surface area contributed by atoms with Crippen molar-refractivity contribution in [2.45, 2.75) is 19.0 Å². The molecule has 1 amide bonds. The van der Waals surface area contributed by atoms with Gasteiger partial charge in [0.05, 0.1) is 11.4 Å². The maximum atomic E-state index is 13.8. The van der Waals surface area contributed by atoms with Crippen molar-refractivity contribution in [3.63, 3.8) is 0 Å². The van der Waals surface area contributed by atoms with E-state index in [4.69, 9.17) is 0 Å². The number of H-pyrrole nitrogens is 1. The fourth-order valence-corrected chi connectivity index (χ4v) is 3.49. The Morgan fingerprint density at radius 1 is 1.03 bits per heavy atom. The summed E-state index contributed by atoms with van der Waals surface area (Å²) in [5.41, 5.74) is -0.155. The van der Waals surface area contributed by atoms with E-state index in [0.29, 0.717) is 23.2 Å². The maximum absolute atomic E-state index is 13.8. The molecule has 4 aromatic rings. The van der Waals surface area contributed by atoms with E-state index in [1.54, 1.807) is 18.2 Å². The molecule has 2 aromatic carbocycles. The van der Waals surface area contributed by atoms with Gasteiger partial charge >= 0.3 is 6.18 Å². The number of alkyl halides is 3. The highest BCUT2D eigenvalue weighted by molar-refractivity contribution is 5.93. The molecule has 182 valence electrons. The lowest BCUT2D eigenvalue weighted by Gasteiger charge is -2.17. The van der Waals surface area contributed by atoms with Gasteiger partial charge in [-0.3, -0.25) is 9.89 Å². The van der Waals surface area contributed by atoms with Gasteiger partial charge < -0.3 is 4.90 Å². The lowest BCUT2D eigenvalue weighted by atomic mass is 10.1. The molecule has 0 fully saturated rings. The normalized spacial score (nSPS) is 11.6. The van der Waals surface area contributed by atoms with Crippen LogP contribution >= 0.6 is 0 Å². The van der Waals surface area contributed by atoms with Crippen LogP contribution in [0.4, 0.5) is 22.0 Å². The SMILES string of the molecule is CN(CCCc1cc(-c2ccc(F)cc2)n[nH]1)C(=O)c1nnn(-c2ccc(F)cc2)c1C(F)(F)F. The van der Waals surface area contributed by atoms with Crippen molar-refractivity contribution in [3.05, 3.63) is 83.3 Å². The fraction of sp³-hybridized carbons (Fsp3) is 0.217. The third-order valence-electron chi connectivity index (χ3n) is 5.27. The quantitative estimate of drug-likeness (QED) is 0.382. The molecule has 7 nitrogen and oxygen atoms in total. The molecule has 2 aromatic heterocycles. The molecule has 35 heavy (non-hydrogen) atoms. The second-order valence-electron chi connectivity index (χ2n) is 7.79. The molecule has 2 heterocycles. The molecule has 4 rings (SSSR count). The molecule has 0 spiro atoms. The van der Waals surface area contributed by atoms with Crippen molar-refractivity contribution in [2.24, 2.45) is 0 Å². The minimum absolute atomic E-state index is 0.0795. The Balaban J connectivity index is 1.43. The van der Waals surface area contributed by atoms with Crippen molar-refractivity contribution in [1.29, 1.82) is 0 Å². The van der Waals surface area contributed by atoms with E-state index >= 15 is 0 Å². The van der Waals surface area contributed by atoms with Gasteiger partial charge in [-0.25, -0.2) is 13.5 Å². The summed E-state index contributed by atoms with van der Waals surface area (Å²) in [6, 6.07) is 11.8. The summed E-state index contributed by atoms with van der Waals surface area (Å²) >= 11 is 0. The number of benzene rings is 2. The van der Waals surface area contributed by atoms with Crippen LogP contribution in [-0.2, 0) is 12.6 Å². The molecule has 0 unspecified atom stereocenters. The Morgan fingerprint density at radius 3 is 2.29 bits per heavy atom. The highest BCUT2D eigenvalue weighted by Crippen LogP contribution is 2.33. The molecule has 0 saturated heterocycles. The Labute approximate surface area is 196 Å². The van der Waals surface area contributed by atoms with Crippen molar-refractivity contribution < 1.29 is 26.7 Å². The van der Waals surface area contributed by atoms with Crippen LogP contribution in [0, 0.1) is 11.6 Å². The predicted octanol–water partition coefficient (Wildman–Crippen LogP) is 4.66. The molecule has 12 heteroatoms. The molecule has 1 N–H and O–H groups in total. The number of nitrogens with zero attached hydrogens (tertiary/aromatic N) is 5. The van der Waals surface area contributed by atoms with E-state index in [1.165, 1.54) is 19.2 Å². The van der Waals surface area contributed by atoms with Crippen LogP contribution in [-0.4, -0.2) is 49.6 Å². The zero-order valence-corrected chi connectivity index (χ0v) is 18.4. The van der Waals surface area contributed by atoms with Gasteiger partial charge in [-0.15, -0.1) is 5.10 Å². The Morgan fingerprint density at radius 2 is 1.66 bits per heavy atom. The standard InChI is InChI=1S/C23H19F5N6O/c1-33(12-2-3-17-13-19(30-29-17)14-4-6-15(24)7-5-14)22(35)20-21(23(26,27)28)34(32-31-20)18-10-8-16(25)9-11-18/h4-11,13H,2-3,12H2,1H3,(H,29,30). The van der Waals surface area contributed by atoms with E-state index < -0.39 is 29.3 Å². The third-order valence-corrected chi connectivity index (χ3v) is 5.27. The number of hydrogen-bond donors (Lipinski definition) is 1. The predicted molar refractivity (Wildman–Crippen MR) is 116 cm³/mol. The number of aromatic nitrogens is 5. The number of amides is 1. The largest absolute Gasteiger partial charge is 0.435 e. The second-order valence-corrected chi connectivity index (χ2v) is 7.79. The molecular weight excluding hydrogens is 471 g/mol. The zero-order chi connectivity index (χ0) is 25.2. The minimum atomic E-state index is -4.92. The van der Waals surface area contributed by atoms with Gasteiger partial charge in [0.2, 0.25) is 0 Å². The Kier molecular flexibility index (Phi) is 6.63. The second kappa shape index (κ2) is 9.65. The van der Waals surface area contributed by atoms with Gasteiger partial charge in [-0.1, -0.05) is 5.21 Å².